The van der Waals surface area contributed by atoms with E-state index in [1.165, 1.54) is 0 Å². The highest BCUT2D eigenvalue weighted by Gasteiger charge is 2.25. The van der Waals surface area contributed by atoms with Gasteiger partial charge in [0.2, 0.25) is 17.6 Å². The van der Waals surface area contributed by atoms with Gasteiger partial charge in [-0.15, -0.1) is 0 Å². The van der Waals surface area contributed by atoms with E-state index in [0.717, 1.165) is 55.5 Å². The first-order valence-corrected chi connectivity index (χ1v) is 10.5. The third kappa shape index (κ3) is 6.12. The second-order valence-electron chi connectivity index (χ2n) is 7.52. The maximum Gasteiger partial charge on any atom is 0.241 e. The Labute approximate surface area is 174 Å². The third-order valence-electron chi connectivity index (χ3n) is 4.97. The lowest BCUT2D eigenvalue weighted by Gasteiger charge is -2.30. The van der Waals surface area contributed by atoms with Crippen LogP contribution < -0.4 is 5.32 Å². The van der Waals surface area contributed by atoms with Crippen molar-refractivity contribution in [1.82, 2.24) is 25.3 Å². The quantitative estimate of drug-likeness (QED) is 0.624. The molecule has 0 aliphatic carbocycles. The number of benzene rings is 1. The van der Waals surface area contributed by atoms with Gasteiger partial charge in [-0.05, 0) is 77.3 Å². The van der Waals surface area contributed by atoms with Gasteiger partial charge in [0.25, 0.3) is 0 Å². The predicted molar refractivity (Wildman–Crippen MR) is 112 cm³/mol. The Morgan fingerprint density at radius 1 is 1.29 bits per heavy atom. The van der Waals surface area contributed by atoms with Crippen LogP contribution in [0.5, 0.6) is 0 Å². The van der Waals surface area contributed by atoms with Crippen LogP contribution in [0.4, 0.5) is 0 Å². The Bertz CT molecular complexity index is 754. The van der Waals surface area contributed by atoms with Crippen molar-refractivity contribution in [3.8, 4) is 11.4 Å². The van der Waals surface area contributed by atoms with E-state index in [4.69, 9.17) is 4.52 Å². The van der Waals surface area contributed by atoms with E-state index in [0.29, 0.717) is 18.3 Å². The summed E-state index contributed by atoms with van der Waals surface area (Å²) in [6, 6.07) is 7.84. The van der Waals surface area contributed by atoms with E-state index in [1.807, 2.05) is 38.4 Å². The van der Waals surface area contributed by atoms with Gasteiger partial charge in [-0.3, -0.25) is 9.69 Å². The molecule has 2 aromatic rings. The number of likely N-dealkylation sites (tertiary alicyclic amines) is 1. The number of amides is 1. The number of carbonyl (C=O) groups excluding carboxylic acids is 1. The van der Waals surface area contributed by atoms with Crippen LogP contribution in [0.1, 0.15) is 25.2 Å². The van der Waals surface area contributed by atoms with Crippen molar-refractivity contribution in [3.05, 3.63) is 34.6 Å². The molecule has 1 N–H and O–H groups in total. The Balaban J connectivity index is 1.42. The van der Waals surface area contributed by atoms with Crippen molar-refractivity contribution in [2.75, 3.05) is 40.3 Å². The molecule has 1 aromatic heterocycles. The molecule has 0 unspecified atom stereocenters. The molecule has 0 radical (unpaired) electrons. The smallest absolute Gasteiger partial charge is 0.241 e. The van der Waals surface area contributed by atoms with Crippen LogP contribution in [-0.2, 0) is 11.3 Å². The van der Waals surface area contributed by atoms with Crippen LogP contribution in [0.2, 0.25) is 0 Å². The van der Waals surface area contributed by atoms with Gasteiger partial charge in [-0.25, -0.2) is 0 Å². The molecule has 0 saturated carbocycles. The Morgan fingerprint density at radius 2 is 2.00 bits per heavy atom. The molecule has 1 fully saturated rings. The molecule has 0 spiro atoms. The highest BCUT2D eigenvalue weighted by Crippen LogP contribution is 2.21. The number of nitrogens with zero attached hydrogens (tertiary/aromatic N) is 4. The zero-order valence-corrected chi connectivity index (χ0v) is 18.1. The third-order valence-corrected chi connectivity index (χ3v) is 5.50. The molecular formula is C20H28BrN5O2. The standard InChI is InChI=1S/C20H28BrN5O2/c1-25(2)11-3-10-22-20(27)16-8-12-26(13-9-16)14-18-23-19(24-28-18)15-4-6-17(21)7-5-15/h4-7,16H,3,8-14H2,1-2H3,(H,22,27). The van der Waals surface area contributed by atoms with Crippen molar-refractivity contribution < 1.29 is 9.32 Å². The van der Waals surface area contributed by atoms with E-state index < -0.39 is 0 Å². The van der Waals surface area contributed by atoms with Gasteiger partial charge in [-0.2, -0.15) is 4.98 Å². The second kappa shape index (κ2) is 10.1. The Hall–Kier alpha value is -1.77. The van der Waals surface area contributed by atoms with Gasteiger partial charge in [0.1, 0.15) is 0 Å². The van der Waals surface area contributed by atoms with E-state index >= 15 is 0 Å². The molecule has 0 bridgehead atoms. The van der Waals surface area contributed by atoms with Gasteiger partial charge in [0.15, 0.2) is 0 Å². The maximum atomic E-state index is 12.3. The van der Waals surface area contributed by atoms with Crippen LogP contribution in [0, 0.1) is 5.92 Å². The van der Waals surface area contributed by atoms with Gasteiger partial charge >= 0.3 is 0 Å². The lowest BCUT2D eigenvalue weighted by molar-refractivity contribution is -0.126. The first kappa shape index (κ1) is 21.0. The number of rotatable bonds is 8. The molecule has 1 aliphatic heterocycles. The SMILES string of the molecule is CN(C)CCCNC(=O)C1CCN(Cc2nc(-c3ccc(Br)cc3)no2)CC1. The molecule has 1 saturated heterocycles. The lowest BCUT2D eigenvalue weighted by Crippen LogP contribution is -2.40. The van der Waals surface area contributed by atoms with E-state index in [2.05, 4.69) is 41.2 Å². The summed E-state index contributed by atoms with van der Waals surface area (Å²) in [5.74, 6) is 1.52. The minimum atomic E-state index is 0.108. The van der Waals surface area contributed by atoms with Crippen LogP contribution in [0.25, 0.3) is 11.4 Å². The number of aromatic nitrogens is 2. The molecule has 0 atom stereocenters. The number of hydrogen-bond donors (Lipinski definition) is 1. The molecule has 7 nitrogen and oxygen atoms in total. The average molecular weight is 450 g/mol. The molecule has 152 valence electrons. The zero-order valence-electron chi connectivity index (χ0n) is 16.5. The molecule has 1 aliphatic rings. The minimum absolute atomic E-state index is 0.108. The molecule has 2 heterocycles. The average Bonchev–Trinajstić information content (AvgIpc) is 3.14. The number of nitrogens with one attached hydrogen (secondary N) is 1. The lowest BCUT2D eigenvalue weighted by atomic mass is 9.96. The first-order valence-electron chi connectivity index (χ1n) is 9.74. The second-order valence-corrected chi connectivity index (χ2v) is 8.43. The summed E-state index contributed by atoms with van der Waals surface area (Å²) in [4.78, 5) is 21.2. The largest absolute Gasteiger partial charge is 0.356 e. The van der Waals surface area contributed by atoms with Crippen LogP contribution in [-0.4, -0.2) is 66.1 Å². The van der Waals surface area contributed by atoms with Gasteiger partial charge in [-0.1, -0.05) is 21.1 Å². The molecule has 3 rings (SSSR count). The molecular weight excluding hydrogens is 422 g/mol. The first-order chi connectivity index (χ1) is 13.5. The fraction of sp³-hybridized carbons (Fsp3) is 0.550. The normalized spacial score (nSPS) is 15.9. The van der Waals surface area contributed by atoms with E-state index in [-0.39, 0.29) is 11.8 Å². The summed E-state index contributed by atoms with van der Waals surface area (Å²) in [5.41, 5.74) is 0.933. The summed E-state index contributed by atoms with van der Waals surface area (Å²) in [6.07, 6.45) is 2.72. The van der Waals surface area contributed by atoms with Crippen molar-refractivity contribution in [2.45, 2.75) is 25.8 Å². The van der Waals surface area contributed by atoms with Crippen molar-refractivity contribution in [3.63, 3.8) is 0 Å². The van der Waals surface area contributed by atoms with E-state index in [1.54, 1.807) is 0 Å². The topological polar surface area (TPSA) is 74.5 Å². The van der Waals surface area contributed by atoms with Gasteiger partial charge in [0.05, 0.1) is 6.54 Å². The number of hydrogen-bond acceptors (Lipinski definition) is 6. The Kier molecular flexibility index (Phi) is 7.58. The van der Waals surface area contributed by atoms with Crippen LogP contribution >= 0.6 is 15.9 Å². The fourth-order valence-electron chi connectivity index (χ4n) is 3.33. The van der Waals surface area contributed by atoms with Crippen molar-refractivity contribution in [2.24, 2.45) is 5.92 Å². The van der Waals surface area contributed by atoms with Crippen molar-refractivity contribution >= 4 is 21.8 Å². The summed E-state index contributed by atoms with van der Waals surface area (Å²) >= 11 is 3.43. The number of halogens is 1. The van der Waals surface area contributed by atoms with Crippen LogP contribution in [0.3, 0.4) is 0 Å². The maximum absolute atomic E-state index is 12.3. The monoisotopic (exact) mass is 449 g/mol. The summed E-state index contributed by atoms with van der Waals surface area (Å²) in [5, 5.41) is 7.15. The van der Waals surface area contributed by atoms with Gasteiger partial charge < -0.3 is 14.7 Å². The number of piperidine rings is 1. The zero-order chi connectivity index (χ0) is 19.9. The molecule has 28 heavy (non-hydrogen) atoms. The predicted octanol–water partition coefficient (Wildman–Crippen LogP) is 2.78. The number of carbonyl (C=O) groups is 1. The fourth-order valence-corrected chi connectivity index (χ4v) is 3.60. The highest BCUT2D eigenvalue weighted by atomic mass is 79.9. The molecule has 1 amide bonds. The van der Waals surface area contributed by atoms with Gasteiger partial charge in [0, 0.05) is 22.5 Å². The summed E-state index contributed by atoms with van der Waals surface area (Å²) in [7, 11) is 4.09. The molecule has 8 heteroatoms. The van der Waals surface area contributed by atoms with Crippen LogP contribution in [0.15, 0.2) is 33.3 Å². The Morgan fingerprint density at radius 3 is 2.68 bits per heavy atom. The summed E-state index contributed by atoms with van der Waals surface area (Å²) in [6.45, 7) is 4.10. The summed E-state index contributed by atoms with van der Waals surface area (Å²) < 4.78 is 6.43. The highest BCUT2D eigenvalue weighted by molar-refractivity contribution is 9.10. The van der Waals surface area contributed by atoms with Crippen molar-refractivity contribution in [1.29, 1.82) is 0 Å². The van der Waals surface area contributed by atoms with E-state index in [9.17, 15) is 4.79 Å². The molecule has 1 aromatic carbocycles. The minimum Gasteiger partial charge on any atom is -0.356 e.